The van der Waals surface area contributed by atoms with Crippen molar-refractivity contribution in [1.29, 1.82) is 0 Å². The van der Waals surface area contributed by atoms with Gasteiger partial charge < -0.3 is 10.4 Å². The topological polar surface area (TPSA) is 49.3 Å². The second-order valence-corrected chi connectivity index (χ2v) is 5.21. The highest BCUT2D eigenvalue weighted by Crippen LogP contribution is 2.17. The number of hydrogen-bond donors (Lipinski definition) is 2. The van der Waals surface area contributed by atoms with Gasteiger partial charge in [0.05, 0.1) is 6.61 Å². The lowest BCUT2D eigenvalue weighted by Gasteiger charge is -2.22. The van der Waals surface area contributed by atoms with Crippen molar-refractivity contribution in [1.82, 2.24) is 5.32 Å². The van der Waals surface area contributed by atoms with E-state index >= 15 is 0 Å². The molecule has 1 aliphatic rings. The van der Waals surface area contributed by atoms with Gasteiger partial charge in [-0.2, -0.15) is 11.8 Å². The summed E-state index contributed by atoms with van der Waals surface area (Å²) in [5.41, 5.74) is 0. The monoisotopic (exact) mass is 231 g/mol. The van der Waals surface area contributed by atoms with Gasteiger partial charge in [-0.3, -0.25) is 4.79 Å². The summed E-state index contributed by atoms with van der Waals surface area (Å²) in [4.78, 5) is 11.5. The van der Waals surface area contributed by atoms with Gasteiger partial charge >= 0.3 is 0 Å². The van der Waals surface area contributed by atoms with E-state index in [9.17, 15) is 4.79 Å². The molecule has 0 aromatic heterocycles. The molecule has 1 aliphatic carbocycles. The first-order chi connectivity index (χ1) is 7.33. The van der Waals surface area contributed by atoms with Crippen molar-refractivity contribution in [3.63, 3.8) is 0 Å². The number of amides is 1. The van der Waals surface area contributed by atoms with Gasteiger partial charge in [-0.15, -0.1) is 0 Å². The average molecular weight is 231 g/mol. The van der Waals surface area contributed by atoms with E-state index in [-0.39, 0.29) is 12.5 Å². The molecule has 1 fully saturated rings. The Hall–Kier alpha value is -0.220. The minimum absolute atomic E-state index is 0.173. The van der Waals surface area contributed by atoms with Crippen LogP contribution >= 0.6 is 11.8 Å². The maximum Gasteiger partial charge on any atom is 0.221 e. The van der Waals surface area contributed by atoms with E-state index in [0.29, 0.717) is 12.5 Å². The highest BCUT2D eigenvalue weighted by molar-refractivity contribution is 7.99. The molecular weight excluding hydrogens is 210 g/mol. The number of aliphatic hydroxyl groups excluding tert-OH is 1. The van der Waals surface area contributed by atoms with Crippen molar-refractivity contribution < 1.29 is 9.90 Å². The highest BCUT2D eigenvalue weighted by atomic mass is 32.2. The molecular formula is C11H21NO2S. The first kappa shape index (κ1) is 12.8. The fraction of sp³-hybridized carbons (Fsp3) is 0.909. The predicted octanol–water partition coefficient (Wildman–Crippen LogP) is 1.55. The van der Waals surface area contributed by atoms with E-state index in [1.807, 2.05) is 0 Å². The molecule has 3 nitrogen and oxygen atoms in total. The summed E-state index contributed by atoms with van der Waals surface area (Å²) in [7, 11) is 0. The zero-order valence-corrected chi connectivity index (χ0v) is 10.0. The molecule has 0 aliphatic heterocycles. The molecule has 0 saturated heterocycles. The van der Waals surface area contributed by atoms with Gasteiger partial charge in [0.1, 0.15) is 0 Å². The number of aliphatic hydroxyl groups is 1. The van der Waals surface area contributed by atoms with Crippen LogP contribution in [0.15, 0.2) is 0 Å². The third-order valence-corrected chi connectivity index (χ3v) is 3.64. The van der Waals surface area contributed by atoms with Gasteiger partial charge in [0.2, 0.25) is 5.91 Å². The smallest absolute Gasteiger partial charge is 0.221 e. The van der Waals surface area contributed by atoms with Crippen molar-refractivity contribution >= 4 is 17.7 Å². The lowest BCUT2D eigenvalue weighted by Crippen LogP contribution is -2.36. The highest BCUT2D eigenvalue weighted by Gasteiger charge is 2.14. The molecule has 0 bridgehead atoms. The average Bonchev–Trinajstić information content (AvgIpc) is 2.26. The normalized spacial score (nSPS) is 17.7. The van der Waals surface area contributed by atoms with Crippen molar-refractivity contribution in [2.24, 2.45) is 0 Å². The van der Waals surface area contributed by atoms with E-state index in [2.05, 4.69) is 5.32 Å². The molecule has 88 valence electrons. The van der Waals surface area contributed by atoms with Crippen molar-refractivity contribution in [2.75, 3.05) is 18.1 Å². The van der Waals surface area contributed by atoms with Crippen LogP contribution in [0.4, 0.5) is 0 Å². The zero-order chi connectivity index (χ0) is 10.9. The van der Waals surface area contributed by atoms with Crippen LogP contribution in [0.25, 0.3) is 0 Å². The first-order valence-corrected chi connectivity index (χ1v) is 6.96. The van der Waals surface area contributed by atoms with Crippen molar-refractivity contribution in [3.05, 3.63) is 0 Å². The maximum absolute atomic E-state index is 11.5. The van der Waals surface area contributed by atoms with Crippen LogP contribution in [-0.4, -0.2) is 35.2 Å². The Bertz CT molecular complexity index is 181. The van der Waals surface area contributed by atoms with E-state index in [4.69, 9.17) is 5.11 Å². The molecule has 2 N–H and O–H groups in total. The molecule has 15 heavy (non-hydrogen) atoms. The molecule has 0 heterocycles. The predicted molar refractivity (Wildman–Crippen MR) is 64.0 cm³/mol. The summed E-state index contributed by atoms with van der Waals surface area (Å²) in [6, 6.07) is 0.425. The molecule has 1 saturated carbocycles. The molecule has 0 aromatic carbocycles. The van der Waals surface area contributed by atoms with Gasteiger partial charge in [0.25, 0.3) is 0 Å². The largest absolute Gasteiger partial charge is 0.396 e. The van der Waals surface area contributed by atoms with E-state index in [1.54, 1.807) is 11.8 Å². The quantitative estimate of drug-likeness (QED) is 0.682. The minimum atomic E-state index is 0.173. The molecule has 1 rings (SSSR count). The van der Waals surface area contributed by atoms with Crippen LogP contribution in [0, 0.1) is 0 Å². The van der Waals surface area contributed by atoms with Gasteiger partial charge in [-0.05, 0) is 12.8 Å². The number of carbonyl (C=O) groups excluding carboxylic acids is 1. The number of rotatable bonds is 6. The summed E-state index contributed by atoms with van der Waals surface area (Å²) < 4.78 is 0. The standard InChI is InChI=1S/C11H21NO2S/c13-7-9-15-8-6-11(14)12-10-4-2-1-3-5-10/h10,13H,1-9H2,(H,12,14). The number of hydrogen-bond acceptors (Lipinski definition) is 3. The van der Waals surface area contributed by atoms with E-state index in [1.165, 1.54) is 19.3 Å². The van der Waals surface area contributed by atoms with Crippen LogP contribution in [0.1, 0.15) is 38.5 Å². The van der Waals surface area contributed by atoms with E-state index in [0.717, 1.165) is 24.3 Å². The lowest BCUT2D eigenvalue weighted by atomic mass is 9.95. The van der Waals surface area contributed by atoms with Gasteiger partial charge in [-0.25, -0.2) is 0 Å². The SMILES string of the molecule is O=C(CCSCCO)NC1CCCCC1. The van der Waals surface area contributed by atoms with Gasteiger partial charge in [-0.1, -0.05) is 19.3 Å². The Kier molecular flexibility index (Phi) is 6.85. The molecule has 1 amide bonds. The molecule has 4 heteroatoms. The number of thioether (sulfide) groups is 1. The fourth-order valence-electron chi connectivity index (χ4n) is 1.88. The molecule has 0 spiro atoms. The summed E-state index contributed by atoms with van der Waals surface area (Å²) in [5.74, 6) is 1.72. The fourth-order valence-corrected chi connectivity index (χ4v) is 2.54. The summed E-state index contributed by atoms with van der Waals surface area (Å²) in [6.07, 6.45) is 6.71. The Balaban J connectivity index is 2.01. The van der Waals surface area contributed by atoms with Crippen molar-refractivity contribution in [2.45, 2.75) is 44.6 Å². The molecule has 0 atom stereocenters. The third kappa shape index (κ3) is 6.05. The number of carbonyl (C=O) groups is 1. The lowest BCUT2D eigenvalue weighted by molar-refractivity contribution is -0.121. The maximum atomic E-state index is 11.5. The Morgan fingerprint density at radius 2 is 2.00 bits per heavy atom. The second-order valence-electron chi connectivity index (χ2n) is 3.99. The van der Waals surface area contributed by atoms with Crippen LogP contribution in [0.3, 0.4) is 0 Å². The third-order valence-electron chi connectivity index (χ3n) is 2.68. The van der Waals surface area contributed by atoms with Gasteiger partial charge in [0, 0.05) is 24.0 Å². The van der Waals surface area contributed by atoms with Crippen LogP contribution in [-0.2, 0) is 4.79 Å². The van der Waals surface area contributed by atoms with Crippen LogP contribution < -0.4 is 5.32 Å². The summed E-state index contributed by atoms with van der Waals surface area (Å²) >= 11 is 1.63. The molecule has 0 aromatic rings. The van der Waals surface area contributed by atoms with Crippen LogP contribution in [0.5, 0.6) is 0 Å². The van der Waals surface area contributed by atoms with Crippen molar-refractivity contribution in [3.8, 4) is 0 Å². The zero-order valence-electron chi connectivity index (χ0n) is 9.21. The van der Waals surface area contributed by atoms with Gasteiger partial charge in [0.15, 0.2) is 0 Å². The molecule has 0 unspecified atom stereocenters. The second kappa shape index (κ2) is 7.99. The first-order valence-electron chi connectivity index (χ1n) is 5.81. The van der Waals surface area contributed by atoms with Crippen LogP contribution in [0.2, 0.25) is 0 Å². The Labute approximate surface area is 96.0 Å². The molecule has 0 radical (unpaired) electrons. The Morgan fingerprint density at radius 1 is 1.27 bits per heavy atom. The minimum Gasteiger partial charge on any atom is -0.396 e. The summed E-state index contributed by atoms with van der Waals surface area (Å²) in [5, 5.41) is 11.7. The van der Waals surface area contributed by atoms with E-state index < -0.39 is 0 Å². The summed E-state index contributed by atoms with van der Waals surface area (Å²) in [6.45, 7) is 0.203. The number of nitrogens with one attached hydrogen (secondary N) is 1. The Morgan fingerprint density at radius 3 is 2.67 bits per heavy atom.